The van der Waals surface area contributed by atoms with Crippen LogP contribution in [0.3, 0.4) is 0 Å². The number of imidazole rings is 1. The van der Waals surface area contributed by atoms with Gasteiger partial charge in [-0.3, -0.25) is 0 Å². The van der Waals surface area contributed by atoms with E-state index in [9.17, 15) is 0 Å². The molecule has 2 aliphatic rings. The summed E-state index contributed by atoms with van der Waals surface area (Å²) in [6.07, 6.45) is 2.15. The molecule has 43 heavy (non-hydrogen) atoms. The van der Waals surface area contributed by atoms with Crippen LogP contribution in [0.2, 0.25) is 0 Å². The van der Waals surface area contributed by atoms with Crippen LogP contribution >= 0.6 is 0 Å². The Kier molecular flexibility index (Phi) is 7.47. The van der Waals surface area contributed by atoms with E-state index < -0.39 is 0 Å². The molecule has 0 bridgehead atoms. The number of aryl methyl sites for hydroxylation is 1. The molecule has 0 spiro atoms. The van der Waals surface area contributed by atoms with Crippen LogP contribution in [0.5, 0.6) is 23.0 Å². The van der Waals surface area contributed by atoms with Crippen LogP contribution in [-0.4, -0.2) is 23.1 Å². The van der Waals surface area contributed by atoms with E-state index in [1.54, 1.807) is 0 Å². The molecule has 0 fully saturated rings. The van der Waals surface area contributed by atoms with Gasteiger partial charge in [0.2, 0.25) is 13.6 Å². The van der Waals surface area contributed by atoms with Crippen LogP contribution in [0.1, 0.15) is 48.2 Å². The van der Waals surface area contributed by atoms with Gasteiger partial charge < -0.3 is 28.8 Å². The Morgan fingerprint density at radius 1 is 0.767 bits per heavy atom. The van der Waals surface area contributed by atoms with Crippen molar-refractivity contribution in [2.45, 2.75) is 45.8 Å². The number of aromatic nitrogens is 2. The molecular weight excluding hydrogens is 538 g/mol. The van der Waals surface area contributed by atoms with Gasteiger partial charge in [-0.2, -0.15) is 0 Å². The summed E-state index contributed by atoms with van der Waals surface area (Å²) in [6, 6.07) is 31.1. The summed E-state index contributed by atoms with van der Waals surface area (Å²) < 4.78 is 25.1. The average molecular weight is 574 g/mol. The van der Waals surface area contributed by atoms with Crippen LogP contribution in [0.15, 0.2) is 91.0 Å². The van der Waals surface area contributed by atoms with Crippen LogP contribution in [0.25, 0.3) is 22.6 Å². The fourth-order valence-electron chi connectivity index (χ4n) is 5.89. The topological polar surface area (TPSA) is 66.8 Å². The van der Waals surface area contributed by atoms with Crippen molar-refractivity contribution in [1.82, 2.24) is 14.9 Å². The lowest BCUT2D eigenvalue weighted by molar-refractivity contribution is 0.173. The van der Waals surface area contributed by atoms with E-state index >= 15 is 0 Å². The van der Waals surface area contributed by atoms with Crippen LogP contribution in [-0.2, 0) is 13.1 Å². The summed E-state index contributed by atoms with van der Waals surface area (Å²) in [5.74, 6) is 4.04. The van der Waals surface area contributed by atoms with E-state index in [-0.39, 0.29) is 19.6 Å². The summed E-state index contributed by atoms with van der Waals surface area (Å²) in [7, 11) is 0. The predicted octanol–water partition coefficient (Wildman–Crippen LogP) is 7.66. The number of benzene rings is 4. The molecule has 0 saturated heterocycles. The Hall–Kier alpha value is -4.75. The second-order valence-corrected chi connectivity index (χ2v) is 11.0. The summed E-state index contributed by atoms with van der Waals surface area (Å²) in [5.41, 5.74) is 7.77. The second kappa shape index (κ2) is 11.9. The molecule has 3 heterocycles. The molecule has 0 aliphatic carbocycles. The molecular formula is C36H35N3O4. The Bertz CT molecular complexity index is 1690. The number of rotatable bonds is 10. The molecule has 7 rings (SSSR count). The van der Waals surface area contributed by atoms with Gasteiger partial charge in [0.25, 0.3) is 0 Å². The van der Waals surface area contributed by atoms with Crippen molar-refractivity contribution in [2.75, 3.05) is 13.6 Å². The molecule has 218 valence electrons. The zero-order chi connectivity index (χ0) is 29.2. The lowest BCUT2D eigenvalue weighted by Crippen LogP contribution is -2.24. The fraction of sp³-hybridized carbons (Fsp3) is 0.250. The first-order chi connectivity index (χ1) is 21.2. The molecule has 0 radical (unpaired) electrons. The molecule has 0 unspecified atom stereocenters. The van der Waals surface area contributed by atoms with Gasteiger partial charge in [0.15, 0.2) is 23.0 Å². The van der Waals surface area contributed by atoms with Gasteiger partial charge in [0, 0.05) is 24.2 Å². The molecule has 7 heteroatoms. The SMILES string of the molecule is CCCCn1c(-c2ccccc2C)nc(-c2ccccc2)c1CNC(c1ccc2c(c1)OCO2)c1ccc2c(c1)OCO2. The van der Waals surface area contributed by atoms with Crippen LogP contribution in [0, 0.1) is 6.92 Å². The summed E-state index contributed by atoms with van der Waals surface area (Å²) in [4.78, 5) is 5.33. The minimum absolute atomic E-state index is 0.149. The molecule has 0 atom stereocenters. The largest absolute Gasteiger partial charge is 0.454 e. The molecule has 4 aromatic carbocycles. The number of hydrogen-bond donors (Lipinski definition) is 1. The Morgan fingerprint density at radius 2 is 1.40 bits per heavy atom. The van der Waals surface area contributed by atoms with Gasteiger partial charge in [0.1, 0.15) is 5.82 Å². The highest BCUT2D eigenvalue weighted by molar-refractivity contribution is 5.70. The van der Waals surface area contributed by atoms with Gasteiger partial charge in [-0.1, -0.05) is 80.1 Å². The maximum Gasteiger partial charge on any atom is 0.231 e. The highest BCUT2D eigenvalue weighted by Crippen LogP contribution is 2.40. The van der Waals surface area contributed by atoms with E-state index in [0.29, 0.717) is 6.54 Å². The number of unbranched alkanes of at least 4 members (excludes halogenated alkanes) is 1. The van der Waals surface area contributed by atoms with Gasteiger partial charge in [-0.15, -0.1) is 0 Å². The van der Waals surface area contributed by atoms with Crippen molar-refractivity contribution in [3.8, 4) is 45.6 Å². The van der Waals surface area contributed by atoms with Crippen LogP contribution < -0.4 is 24.3 Å². The van der Waals surface area contributed by atoms with Gasteiger partial charge in [-0.25, -0.2) is 4.98 Å². The number of ether oxygens (including phenoxy) is 4. The zero-order valence-corrected chi connectivity index (χ0v) is 24.5. The maximum atomic E-state index is 5.76. The quantitative estimate of drug-likeness (QED) is 0.185. The molecule has 1 aromatic heterocycles. The zero-order valence-electron chi connectivity index (χ0n) is 24.5. The van der Waals surface area contributed by atoms with E-state index in [4.69, 9.17) is 23.9 Å². The van der Waals surface area contributed by atoms with Crippen LogP contribution in [0.4, 0.5) is 0 Å². The third-order valence-corrected chi connectivity index (χ3v) is 8.17. The molecule has 7 nitrogen and oxygen atoms in total. The van der Waals surface area contributed by atoms with Crippen molar-refractivity contribution < 1.29 is 18.9 Å². The minimum Gasteiger partial charge on any atom is -0.454 e. The van der Waals surface area contributed by atoms with Crippen molar-refractivity contribution in [3.05, 3.63) is 113 Å². The first-order valence-electron chi connectivity index (χ1n) is 14.9. The number of nitrogens with one attached hydrogen (secondary N) is 1. The molecule has 1 N–H and O–H groups in total. The van der Waals surface area contributed by atoms with Gasteiger partial charge in [0.05, 0.1) is 17.4 Å². The van der Waals surface area contributed by atoms with E-state index in [1.807, 2.05) is 18.2 Å². The first kappa shape index (κ1) is 27.1. The summed E-state index contributed by atoms with van der Waals surface area (Å²) >= 11 is 0. The third kappa shape index (κ3) is 5.32. The first-order valence-corrected chi connectivity index (χ1v) is 14.9. The maximum absolute atomic E-state index is 5.76. The fourth-order valence-corrected chi connectivity index (χ4v) is 5.89. The summed E-state index contributed by atoms with van der Waals surface area (Å²) in [6.45, 7) is 6.34. The van der Waals surface area contributed by atoms with Crippen molar-refractivity contribution in [3.63, 3.8) is 0 Å². The van der Waals surface area contributed by atoms with E-state index in [0.717, 1.165) is 81.9 Å². The highest BCUT2D eigenvalue weighted by Gasteiger charge is 2.25. The van der Waals surface area contributed by atoms with Gasteiger partial charge in [-0.05, 0) is 54.3 Å². The third-order valence-electron chi connectivity index (χ3n) is 8.17. The number of hydrogen-bond acceptors (Lipinski definition) is 6. The van der Waals surface area contributed by atoms with Crippen molar-refractivity contribution >= 4 is 0 Å². The Morgan fingerprint density at radius 3 is 2.05 bits per heavy atom. The lowest BCUT2D eigenvalue weighted by atomic mass is 9.97. The Labute approximate surface area is 252 Å². The highest BCUT2D eigenvalue weighted by atomic mass is 16.7. The molecule has 2 aliphatic heterocycles. The number of nitrogens with zero attached hydrogens (tertiary/aromatic N) is 2. The Balaban J connectivity index is 1.33. The van der Waals surface area contributed by atoms with Gasteiger partial charge >= 0.3 is 0 Å². The van der Waals surface area contributed by atoms with Crippen molar-refractivity contribution in [2.24, 2.45) is 0 Å². The summed E-state index contributed by atoms with van der Waals surface area (Å²) in [5, 5.41) is 3.90. The lowest BCUT2D eigenvalue weighted by Gasteiger charge is -2.22. The molecule has 0 amide bonds. The van der Waals surface area contributed by atoms with Crippen molar-refractivity contribution in [1.29, 1.82) is 0 Å². The smallest absolute Gasteiger partial charge is 0.231 e. The predicted molar refractivity (Wildman–Crippen MR) is 167 cm³/mol. The second-order valence-electron chi connectivity index (χ2n) is 11.0. The average Bonchev–Trinajstić information content (AvgIpc) is 3.79. The molecule has 5 aromatic rings. The minimum atomic E-state index is -0.149. The normalized spacial score (nSPS) is 13.2. The monoisotopic (exact) mass is 573 g/mol. The number of fused-ring (bicyclic) bond motifs is 2. The molecule has 0 saturated carbocycles. The van der Waals surface area contributed by atoms with E-state index in [2.05, 4.69) is 96.5 Å². The standard InChI is InChI=1S/C36H35N3O4/c1-3-4-18-39-29(35(25-11-6-5-7-12-25)38-36(39)28-13-9-8-10-24(28)2)21-37-34(26-14-16-30-32(19-26)42-22-40-30)27-15-17-31-33(20-27)43-23-41-31/h5-17,19-20,34,37H,3-4,18,21-23H2,1-2H3. The van der Waals surface area contributed by atoms with E-state index in [1.165, 1.54) is 5.56 Å².